The predicted molar refractivity (Wildman–Crippen MR) is 82.5 cm³/mol. The summed E-state index contributed by atoms with van der Waals surface area (Å²) >= 11 is 1.53. The second-order valence-corrected chi connectivity index (χ2v) is 4.83. The number of nitrogens with one attached hydrogen (secondary N) is 2. The lowest BCUT2D eigenvalue weighted by molar-refractivity contribution is 0.977. The zero-order valence-electron chi connectivity index (χ0n) is 11.4. The average Bonchev–Trinajstić information content (AvgIpc) is 2.47. The van der Waals surface area contributed by atoms with Crippen molar-refractivity contribution in [2.75, 3.05) is 23.9 Å². The average molecular weight is 274 g/mol. The molecular weight excluding hydrogens is 256 g/mol. The summed E-state index contributed by atoms with van der Waals surface area (Å²) in [4.78, 5) is 8.80. The lowest BCUT2D eigenvalue weighted by Gasteiger charge is -2.09. The molecule has 0 saturated carbocycles. The number of anilines is 3. The van der Waals surface area contributed by atoms with E-state index in [4.69, 9.17) is 0 Å². The Balaban J connectivity index is 2.26. The van der Waals surface area contributed by atoms with Crippen LogP contribution in [-0.2, 0) is 6.42 Å². The first-order chi connectivity index (χ1) is 9.25. The van der Waals surface area contributed by atoms with Crippen molar-refractivity contribution in [1.82, 2.24) is 9.97 Å². The van der Waals surface area contributed by atoms with Crippen LogP contribution in [0.3, 0.4) is 0 Å². The molecule has 2 rings (SSSR count). The van der Waals surface area contributed by atoms with Crippen LogP contribution in [0.25, 0.3) is 0 Å². The molecule has 0 radical (unpaired) electrons. The van der Waals surface area contributed by atoms with Crippen LogP contribution < -0.4 is 10.6 Å². The Morgan fingerprint density at radius 1 is 1.16 bits per heavy atom. The molecule has 0 saturated heterocycles. The molecule has 1 heterocycles. The van der Waals surface area contributed by atoms with Gasteiger partial charge in [-0.2, -0.15) is 0 Å². The van der Waals surface area contributed by atoms with Gasteiger partial charge in [-0.15, -0.1) is 0 Å². The summed E-state index contributed by atoms with van der Waals surface area (Å²) in [5.41, 5.74) is 2.35. The Kier molecular flexibility index (Phi) is 4.63. The molecule has 0 bridgehead atoms. The number of benzene rings is 1. The van der Waals surface area contributed by atoms with E-state index in [9.17, 15) is 0 Å². The third-order valence-electron chi connectivity index (χ3n) is 2.75. The molecule has 0 atom stereocenters. The van der Waals surface area contributed by atoms with Gasteiger partial charge in [0.1, 0.15) is 11.6 Å². The van der Waals surface area contributed by atoms with Crippen LogP contribution in [0.2, 0.25) is 0 Å². The molecule has 5 heteroatoms. The Labute approximate surface area is 118 Å². The van der Waals surface area contributed by atoms with E-state index in [1.807, 2.05) is 25.4 Å². The molecule has 0 fully saturated rings. The third kappa shape index (κ3) is 3.61. The Morgan fingerprint density at radius 3 is 2.63 bits per heavy atom. The van der Waals surface area contributed by atoms with E-state index >= 15 is 0 Å². The molecule has 0 aliphatic carbocycles. The van der Waals surface area contributed by atoms with Crippen LogP contribution >= 0.6 is 11.8 Å². The number of aryl methyl sites for hydroxylation is 1. The maximum atomic E-state index is 4.45. The summed E-state index contributed by atoms with van der Waals surface area (Å²) in [5.74, 6) is 1.62. The molecule has 0 aliphatic heterocycles. The lowest BCUT2D eigenvalue weighted by atomic mass is 10.1. The monoisotopic (exact) mass is 274 g/mol. The minimum absolute atomic E-state index is 0.751. The first-order valence-corrected chi connectivity index (χ1v) is 7.44. The van der Waals surface area contributed by atoms with E-state index in [0.717, 1.165) is 28.9 Å². The summed E-state index contributed by atoms with van der Waals surface area (Å²) in [5, 5.41) is 7.12. The second kappa shape index (κ2) is 6.43. The van der Waals surface area contributed by atoms with Gasteiger partial charge in [-0.05, 0) is 30.4 Å². The fraction of sp³-hybridized carbons (Fsp3) is 0.286. The zero-order valence-corrected chi connectivity index (χ0v) is 12.2. The molecule has 19 heavy (non-hydrogen) atoms. The Hall–Kier alpha value is -1.75. The van der Waals surface area contributed by atoms with Gasteiger partial charge in [0.05, 0.1) is 0 Å². The Bertz CT molecular complexity index is 535. The molecule has 0 unspecified atom stereocenters. The highest BCUT2D eigenvalue weighted by atomic mass is 32.2. The zero-order chi connectivity index (χ0) is 13.7. The largest absolute Gasteiger partial charge is 0.373 e. The predicted octanol–water partition coefficient (Wildman–Crippen LogP) is 3.55. The molecule has 4 nitrogen and oxygen atoms in total. The molecule has 2 N–H and O–H groups in total. The summed E-state index contributed by atoms with van der Waals surface area (Å²) < 4.78 is 0. The van der Waals surface area contributed by atoms with Crippen LogP contribution in [0.1, 0.15) is 12.5 Å². The highest BCUT2D eigenvalue weighted by Gasteiger charge is 2.03. The van der Waals surface area contributed by atoms with Gasteiger partial charge in [0, 0.05) is 18.8 Å². The van der Waals surface area contributed by atoms with Gasteiger partial charge < -0.3 is 10.6 Å². The van der Waals surface area contributed by atoms with E-state index in [2.05, 4.69) is 45.7 Å². The second-order valence-electron chi connectivity index (χ2n) is 4.05. The number of thioether (sulfide) groups is 1. The summed E-state index contributed by atoms with van der Waals surface area (Å²) in [6, 6.07) is 10.3. The third-order valence-corrected chi connectivity index (χ3v) is 3.30. The van der Waals surface area contributed by atoms with Gasteiger partial charge in [-0.3, -0.25) is 0 Å². The van der Waals surface area contributed by atoms with E-state index in [1.54, 1.807) is 0 Å². The Morgan fingerprint density at radius 2 is 1.95 bits per heavy atom. The van der Waals surface area contributed by atoms with Crippen LogP contribution in [0.15, 0.2) is 35.5 Å². The number of rotatable bonds is 5. The summed E-state index contributed by atoms with van der Waals surface area (Å²) in [6.45, 7) is 2.15. The number of hydrogen-bond donors (Lipinski definition) is 2. The molecule has 0 amide bonds. The molecule has 0 spiro atoms. The van der Waals surface area contributed by atoms with Crippen molar-refractivity contribution in [1.29, 1.82) is 0 Å². The smallest absolute Gasteiger partial charge is 0.191 e. The quantitative estimate of drug-likeness (QED) is 0.645. The number of hydrogen-bond acceptors (Lipinski definition) is 5. The molecule has 1 aromatic heterocycles. The van der Waals surface area contributed by atoms with Gasteiger partial charge in [0.25, 0.3) is 0 Å². The van der Waals surface area contributed by atoms with Crippen molar-refractivity contribution in [2.24, 2.45) is 0 Å². The normalized spacial score (nSPS) is 10.3. The molecular formula is C14H18N4S. The molecule has 0 aliphatic rings. The SMILES string of the molecule is CCc1cccc(Nc2cc(NC)nc(SC)n2)c1. The van der Waals surface area contributed by atoms with Crippen molar-refractivity contribution >= 4 is 29.1 Å². The highest BCUT2D eigenvalue weighted by Crippen LogP contribution is 2.21. The minimum atomic E-state index is 0.751. The van der Waals surface area contributed by atoms with Gasteiger partial charge in [-0.25, -0.2) is 9.97 Å². The van der Waals surface area contributed by atoms with Crippen molar-refractivity contribution in [2.45, 2.75) is 18.5 Å². The standard InChI is InChI=1S/C14H18N4S/c1-4-10-6-5-7-11(8-10)16-13-9-12(15-2)17-14(18-13)19-3/h5-9H,4H2,1-3H3,(H2,15,16,17,18). The van der Waals surface area contributed by atoms with E-state index in [1.165, 1.54) is 17.3 Å². The molecule has 1 aromatic carbocycles. The van der Waals surface area contributed by atoms with Crippen molar-refractivity contribution in [3.8, 4) is 0 Å². The highest BCUT2D eigenvalue weighted by molar-refractivity contribution is 7.98. The fourth-order valence-corrected chi connectivity index (χ4v) is 2.10. The van der Waals surface area contributed by atoms with Gasteiger partial charge in [0.2, 0.25) is 0 Å². The minimum Gasteiger partial charge on any atom is -0.373 e. The van der Waals surface area contributed by atoms with Crippen LogP contribution in [0.5, 0.6) is 0 Å². The molecule has 100 valence electrons. The maximum absolute atomic E-state index is 4.45. The molecule has 2 aromatic rings. The summed E-state index contributed by atoms with van der Waals surface area (Å²) in [6.07, 6.45) is 2.99. The van der Waals surface area contributed by atoms with E-state index in [-0.39, 0.29) is 0 Å². The first kappa shape index (κ1) is 13.7. The van der Waals surface area contributed by atoms with Crippen molar-refractivity contribution in [3.05, 3.63) is 35.9 Å². The van der Waals surface area contributed by atoms with Crippen LogP contribution in [0, 0.1) is 0 Å². The topological polar surface area (TPSA) is 49.8 Å². The fourth-order valence-electron chi connectivity index (χ4n) is 1.73. The first-order valence-electron chi connectivity index (χ1n) is 6.22. The summed E-state index contributed by atoms with van der Waals surface area (Å²) in [7, 11) is 1.86. The van der Waals surface area contributed by atoms with E-state index < -0.39 is 0 Å². The van der Waals surface area contributed by atoms with E-state index in [0.29, 0.717) is 0 Å². The van der Waals surface area contributed by atoms with Gasteiger partial charge in [0.15, 0.2) is 5.16 Å². The van der Waals surface area contributed by atoms with Gasteiger partial charge >= 0.3 is 0 Å². The van der Waals surface area contributed by atoms with Gasteiger partial charge in [-0.1, -0.05) is 30.8 Å². The van der Waals surface area contributed by atoms with Crippen LogP contribution in [-0.4, -0.2) is 23.3 Å². The number of nitrogens with zero attached hydrogens (tertiary/aromatic N) is 2. The lowest BCUT2D eigenvalue weighted by Crippen LogP contribution is -2.00. The van der Waals surface area contributed by atoms with Crippen LogP contribution in [0.4, 0.5) is 17.3 Å². The number of aromatic nitrogens is 2. The maximum Gasteiger partial charge on any atom is 0.191 e. The van der Waals surface area contributed by atoms with Crippen molar-refractivity contribution < 1.29 is 0 Å². The van der Waals surface area contributed by atoms with Crippen molar-refractivity contribution in [3.63, 3.8) is 0 Å².